The fraction of sp³-hybridized carbons (Fsp3) is 0.0345. The Hall–Kier alpha value is -2.85. The second kappa shape index (κ2) is 6.11. The molecule has 144 valence electrons. The summed E-state index contributed by atoms with van der Waals surface area (Å²) in [5.41, 5.74) is 12.1. The molecule has 0 heterocycles. The lowest BCUT2D eigenvalue weighted by Gasteiger charge is -2.40. The zero-order valence-corrected chi connectivity index (χ0v) is 19.3. The van der Waals surface area contributed by atoms with Crippen LogP contribution in [0.1, 0.15) is 22.3 Å². The van der Waals surface area contributed by atoms with Crippen LogP contribution < -0.4 is 5.46 Å². The van der Waals surface area contributed by atoms with Crippen LogP contribution in [-0.4, -0.2) is 7.85 Å². The lowest BCUT2D eigenvalue weighted by molar-refractivity contribution is 0.773. The summed E-state index contributed by atoms with van der Waals surface area (Å²) < 4.78 is 1.28. The fourth-order valence-electron chi connectivity index (χ4n) is 6.11. The first-order chi connectivity index (χ1) is 15.2. The van der Waals surface area contributed by atoms with Gasteiger partial charge in [0, 0.05) is 3.57 Å². The maximum atomic E-state index is 2.46. The molecule has 1 unspecified atom stereocenters. The third-order valence-electron chi connectivity index (χ3n) is 7.29. The molecule has 1 atom stereocenters. The van der Waals surface area contributed by atoms with Crippen LogP contribution in [0.2, 0.25) is 0 Å². The van der Waals surface area contributed by atoms with Gasteiger partial charge in [-0.3, -0.25) is 0 Å². The zero-order chi connectivity index (χ0) is 20.7. The van der Waals surface area contributed by atoms with E-state index in [1.165, 1.54) is 64.3 Å². The number of rotatable bonds is 0. The van der Waals surface area contributed by atoms with Gasteiger partial charge in [0.05, 0.1) is 5.41 Å². The van der Waals surface area contributed by atoms with Crippen molar-refractivity contribution in [2.75, 3.05) is 0 Å². The Bertz CT molecular complexity index is 1570. The fourth-order valence-corrected chi connectivity index (χ4v) is 6.60. The molecule has 0 amide bonds. The topological polar surface area (TPSA) is 0 Å². The van der Waals surface area contributed by atoms with E-state index < -0.39 is 0 Å². The first kappa shape index (κ1) is 17.8. The zero-order valence-electron chi connectivity index (χ0n) is 17.1. The maximum Gasteiger partial charge on any atom is 0.140 e. The first-order valence-electron chi connectivity index (χ1n) is 10.7. The van der Waals surface area contributed by atoms with E-state index in [9.17, 15) is 0 Å². The normalized spacial score (nSPS) is 17.5. The van der Waals surface area contributed by atoms with Crippen molar-refractivity contribution in [3.05, 3.63) is 123 Å². The number of hydrogen-bond acceptors (Lipinski definition) is 0. The van der Waals surface area contributed by atoms with Gasteiger partial charge in [0.1, 0.15) is 7.85 Å². The quantitative estimate of drug-likeness (QED) is 0.175. The van der Waals surface area contributed by atoms with E-state index in [1.54, 1.807) is 0 Å². The van der Waals surface area contributed by atoms with Gasteiger partial charge in [0.25, 0.3) is 0 Å². The molecule has 5 aromatic carbocycles. The van der Waals surface area contributed by atoms with Crippen molar-refractivity contribution in [1.82, 2.24) is 0 Å². The summed E-state index contributed by atoms with van der Waals surface area (Å²) in [4.78, 5) is 0. The van der Waals surface area contributed by atoms with Crippen LogP contribution >= 0.6 is 22.6 Å². The van der Waals surface area contributed by atoms with Crippen molar-refractivity contribution in [2.45, 2.75) is 5.41 Å². The van der Waals surface area contributed by atoms with Gasteiger partial charge in [-0.1, -0.05) is 90.4 Å². The van der Waals surface area contributed by atoms with E-state index in [0.29, 0.717) is 0 Å². The predicted molar refractivity (Wildman–Crippen MR) is 141 cm³/mol. The highest BCUT2D eigenvalue weighted by Gasteiger charge is 2.49. The lowest BCUT2D eigenvalue weighted by Crippen LogP contribution is -2.32. The van der Waals surface area contributed by atoms with Gasteiger partial charge in [-0.25, -0.2) is 0 Å². The van der Waals surface area contributed by atoms with Crippen molar-refractivity contribution in [3.8, 4) is 22.3 Å². The third kappa shape index (κ3) is 2.07. The van der Waals surface area contributed by atoms with Crippen molar-refractivity contribution in [3.63, 3.8) is 0 Å². The highest BCUT2D eigenvalue weighted by Crippen LogP contribution is 2.61. The van der Waals surface area contributed by atoms with Gasteiger partial charge in [-0.15, -0.1) is 0 Å². The largest absolute Gasteiger partial charge is 0.140 e. The van der Waals surface area contributed by atoms with Gasteiger partial charge < -0.3 is 0 Å². The lowest BCUT2D eigenvalue weighted by atomic mass is 9.61. The van der Waals surface area contributed by atoms with Crippen LogP contribution in [0.3, 0.4) is 0 Å². The molecule has 0 fully saturated rings. The van der Waals surface area contributed by atoms with Crippen LogP contribution in [0.4, 0.5) is 0 Å². The van der Waals surface area contributed by atoms with Gasteiger partial charge in [0.2, 0.25) is 0 Å². The number of fused-ring (bicyclic) bond motifs is 9. The van der Waals surface area contributed by atoms with Crippen LogP contribution in [-0.2, 0) is 5.41 Å². The van der Waals surface area contributed by atoms with Gasteiger partial charge >= 0.3 is 0 Å². The average Bonchev–Trinajstić information content (AvgIpc) is 3.09. The van der Waals surface area contributed by atoms with E-state index in [4.69, 9.17) is 0 Å². The van der Waals surface area contributed by atoms with E-state index in [1.807, 2.05) is 0 Å². The van der Waals surface area contributed by atoms with E-state index in [0.717, 1.165) is 0 Å². The highest BCUT2D eigenvalue weighted by molar-refractivity contribution is 14.1. The van der Waals surface area contributed by atoms with Crippen molar-refractivity contribution in [1.29, 1.82) is 0 Å². The van der Waals surface area contributed by atoms with Crippen LogP contribution in [0.15, 0.2) is 97.1 Å². The Morgan fingerprint density at radius 1 is 0.548 bits per heavy atom. The van der Waals surface area contributed by atoms with Crippen molar-refractivity contribution < 1.29 is 0 Å². The Kier molecular flexibility index (Phi) is 3.51. The van der Waals surface area contributed by atoms with Crippen LogP contribution in [0, 0.1) is 3.57 Å². The highest BCUT2D eigenvalue weighted by atomic mass is 127. The van der Waals surface area contributed by atoms with E-state index in [-0.39, 0.29) is 5.41 Å². The summed E-state index contributed by atoms with van der Waals surface area (Å²) in [5.74, 6) is 0. The molecular formula is C29H18BI. The summed E-state index contributed by atoms with van der Waals surface area (Å²) in [6.07, 6.45) is 0. The molecule has 2 aliphatic carbocycles. The molecule has 0 bridgehead atoms. The third-order valence-corrected chi connectivity index (χ3v) is 7.96. The molecule has 0 saturated carbocycles. The minimum Gasteiger partial charge on any atom is -0.0812 e. The predicted octanol–water partition coefficient (Wildman–Crippen LogP) is 6.05. The Morgan fingerprint density at radius 2 is 1.16 bits per heavy atom. The summed E-state index contributed by atoms with van der Waals surface area (Å²) in [6.45, 7) is 0. The summed E-state index contributed by atoms with van der Waals surface area (Å²) in [5, 5.41) is 2.77. The summed E-state index contributed by atoms with van der Waals surface area (Å²) in [7, 11) is 2.23. The minimum absolute atomic E-state index is 0.288. The molecule has 5 aromatic rings. The standard InChI is InChI=1S/C29H18BI/c30-27-15-14-21-19-7-2-4-10-24(19)29(25-11-5-8-22(27)28(21)25)23-9-3-1-6-18(23)20-13-12-17(31)16-26(20)29/h1-16H,30H2. The molecule has 0 aromatic heterocycles. The molecule has 0 N–H and O–H groups in total. The molecule has 2 aliphatic rings. The maximum absolute atomic E-state index is 2.46. The molecule has 1 spiro atoms. The van der Waals surface area contributed by atoms with E-state index in [2.05, 4.69) is 127 Å². The number of hydrogen-bond donors (Lipinski definition) is 0. The second-order valence-electron chi connectivity index (χ2n) is 8.69. The molecule has 31 heavy (non-hydrogen) atoms. The number of benzene rings is 5. The summed E-state index contributed by atoms with van der Waals surface area (Å²) >= 11 is 2.46. The SMILES string of the molecule is Bc1ccc2c3c(cccc13)C1(c3ccccc3-c3ccc(I)cc31)c1ccccc1-2. The Balaban J connectivity index is 1.80. The molecular weight excluding hydrogens is 486 g/mol. The smallest absolute Gasteiger partial charge is 0.0812 e. The van der Waals surface area contributed by atoms with Crippen LogP contribution in [0.25, 0.3) is 33.0 Å². The first-order valence-corrected chi connectivity index (χ1v) is 11.8. The van der Waals surface area contributed by atoms with Crippen LogP contribution in [0.5, 0.6) is 0 Å². The Morgan fingerprint density at radius 3 is 1.94 bits per heavy atom. The molecule has 7 rings (SSSR count). The molecule has 0 radical (unpaired) electrons. The molecule has 0 nitrogen and oxygen atoms in total. The molecule has 0 aliphatic heterocycles. The monoisotopic (exact) mass is 504 g/mol. The Labute approximate surface area is 196 Å². The van der Waals surface area contributed by atoms with Gasteiger partial charge in [-0.05, 0) is 90.0 Å². The summed E-state index contributed by atoms with van der Waals surface area (Å²) in [6, 6.07) is 36.5. The van der Waals surface area contributed by atoms with Crippen molar-refractivity contribution >= 4 is 46.7 Å². The van der Waals surface area contributed by atoms with Gasteiger partial charge in [-0.2, -0.15) is 0 Å². The number of halogens is 1. The second-order valence-corrected chi connectivity index (χ2v) is 9.93. The average molecular weight is 504 g/mol. The molecule has 0 saturated heterocycles. The van der Waals surface area contributed by atoms with Gasteiger partial charge in [0.15, 0.2) is 0 Å². The molecule has 2 heteroatoms. The minimum atomic E-state index is -0.288. The van der Waals surface area contributed by atoms with E-state index >= 15 is 0 Å². The van der Waals surface area contributed by atoms with Crippen molar-refractivity contribution in [2.24, 2.45) is 0 Å².